The van der Waals surface area contributed by atoms with Crippen molar-refractivity contribution < 1.29 is 4.39 Å². The number of rotatable bonds is 5. The van der Waals surface area contributed by atoms with Crippen LogP contribution in [0, 0.1) is 0 Å². The highest BCUT2D eigenvalue weighted by molar-refractivity contribution is 8.00. The molecule has 0 aliphatic carbocycles. The van der Waals surface area contributed by atoms with E-state index in [2.05, 4.69) is 136 Å². The summed E-state index contributed by atoms with van der Waals surface area (Å²) in [5.41, 5.74) is 5.12. The number of aromatic nitrogens is 4. The van der Waals surface area contributed by atoms with Gasteiger partial charge in [0.1, 0.15) is 11.5 Å². The van der Waals surface area contributed by atoms with Gasteiger partial charge in [-0.15, -0.1) is 0 Å². The summed E-state index contributed by atoms with van der Waals surface area (Å²) in [5.74, 6) is 0.800. The molecule has 12 rings (SSSR count). The maximum absolute atomic E-state index is 17.2. The summed E-state index contributed by atoms with van der Waals surface area (Å²) < 4.78 is 21.6. The SMILES string of the molecule is FC(c1ccc2c3ccccc3n3ccnc3c2c1)c1ccc2c3ccc4c(c3n(-c3ccccn3)c2c1)Sc1ccccc1[Si]4(c1ccccc1)c1ccccc1. The summed E-state index contributed by atoms with van der Waals surface area (Å²) in [6.07, 6.45) is 4.27. The van der Waals surface area contributed by atoms with Crippen molar-refractivity contribution >= 4 is 89.7 Å². The van der Waals surface area contributed by atoms with Gasteiger partial charge in [0.05, 0.1) is 16.6 Å². The molecule has 7 aromatic carbocycles. The molecule has 5 heterocycles. The topological polar surface area (TPSA) is 35.1 Å². The summed E-state index contributed by atoms with van der Waals surface area (Å²) in [6, 6.07) is 62.2. The molecule has 11 aromatic rings. The highest BCUT2D eigenvalue weighted by Gasteiger charge is 2.47. The Morgan fingerprint density at radius 3 is 1.98 bits per heavy atom. The lowest BCUT2D eigenvalue weighted by Gasteiger charge is -2.40. The fourth-order valence-corrected chi connectivity index (χ4v) is 16.7. The van der Waals surface area contributed by atoms with E-state index in [1.54, 1.807) is 0 Å². The number of hydrogen-bond donors (Lipinski definition) is 0. The average Bonchev–Trinajstić information content (AvgIpc) is 3.93. The molecule has 7 heteroatoms. The Labute approximate surface area is 338 Å². The van der Waals surface area contributed by atoms with Crippen LogP contribution in [-0.4, -0.2) is 27.0 Å². The lowest BCUT2D eigenvalue weighted by Crippen LogP contribution is -2.76. The maximum atomic E-state index is 17.2. The van der Waals surface area contributed by atoms with E-state index >= 15 is 4.39 Å². The molecule has 4 nitrogen and oxygen atoms in total. The first-order chi connectivity index (χ1) is 28.7. The van der Waals surface area contributed by atoms with Gasteiger partial charge in [-0.3, -0.25) is 8.97 Å². The van der Waals surface area contributed by atoms with Gasteiger partial charge in [0.25, 0.3) is 0 Å². The molecule has 1 aliphatic rings. The van der Waals surface area contributed by atoms with E-state index in [0.717, 1.165) is 54.9 Å². The van der Waals surface area contributed by atoms with Crippen LogP contribution >= 0.6 is 11.8 Å². The minimum Gasteiger partial charge on any atom is -0.299 e. The van der Waals surface area contributed by atoms with Gasteiger partial charge in [-0.1, -0.05) is 151 Å². The molecule has 0 radical (unpaired) electrons. The van der Waals surface area contributed by atoms with Crippen molar-refractivity contribution in [2.75, 3.05) is 0 Å². The molecule has 58 heavy (non-hydrogen) atoms. The minimum absolute atomic E-state index is 0.594. The van der Waals surface area contributed by atoms with Crippen LogP contribution < -0.4 is 20.7 Å². The van der Waals surface area contributed by atoms with Gasteiger partial charge in [0, 0.05) is 49.9 Å². The van der Waals surface area contributed by atoms with E-state index in [0.29, 0.717) is 11.1 Å². The third-order valence-corrected chi connectivity index (χ3v) is 18.5. The zero-order chi connectivity index (χ0) is 38.4. The second-order valence-electron chi connectivity index (χ2n) is 15.0. The van der Waals surface area contributed by atoms with E-state index in [-0.39, 0.29) is 0 Å². The quantitative estimate of drug-likeness (QED) is 0.129. The lowest BCUT2D eigenvalue weighted by atomic mass is 9.97. The van der Waals surface area contributed by atoms with Crippen LogP contribution in [0.2, 0.25) is 0 Å². The molecule has 4 aromatic heterocycles. The molecule has 0 spiro atoms. The van der Waals surface area contributed by atoms with Gasteiger partial charge in [0.2, 0.25) is 0 Å². The molecule has 1 atom stereocenters. The smallest absolute Gasteiger partial charge is 0.181 e. The van der Waals surface area contributed by atoms with E-state index in [4.69, 9.17) is 9.97 Å². The van der Waals surface area contributed by atoms with Crippen LogP contribution in [-0.2, 0) is 0 Å². The standard InChI is InChI=1S/C51H33FN4SSi/c52-48(33-22-24-37-38-17-7-8-18-42(38)55-30-29-54-51(55)41(37)31-33)34-23-25-39-40-26-27-46-50(49(40)56(43(39)32-34)47-21-11-12-28-53-47)57-44-19-9-10-20-45(44)58(46,35-13-3-1-4-14-35)36-15-5-2-6-16-36/h1-32,48H. The highest BCUT2D eigenvalue weighted by atomic mass is 32.2. The van der Waals surface area contributed by atoms with Gasteiger partial charge in [-0.25, -0.2) is 14.4 Å². The summed E-state index contributed by atoms with van der Waals surface area (Å²) in [5, 5.41) is 10.7. The van der Waals surface area contributed by atoms with Gasteiger partial charge in [-0.05, 0) is 73.7 Å². The van der Waals surface area contributed by atoms with E-state index in [1.165, 1.54) is 30.5 Å². The van der Waals surface area contributed by atoms with Crippen molar-refractivity contribution in [1.29, 1.82) is 0 Å². The molecule has 0 bridgehead atoms. The molecule has 274 valence electrons. The van der Waals surface area contributed by atoms with E-state index < -0.39 is 14.2 Å². The Morgan fingerprint density at radius 2 is 1.19 bits per heavy atom. The van der Waals surface area contributed by atoms with Crippen molar-refractivity contribution in [2.45, 2.75) is 16.0 Å². The van der Waals surface area contributed by atoms with Gasteiger partial charge < -0.3 is 0 Å². The van der Waals surface area contributed by atoms with Gasteiger partial charge in [-0.2, -0.15) is 0 Å². The summed E-state index contributed by atoms with van der Waals surface area (Å²) in [7, 11) is -2.82. The average molecular weight is 781 g/mol. The van der Waals surface area contributed by atoms with E-state index in [1.807, 2.05) is 78.9 Å². The Balaban J connectivity index is 1.12. The number of benzene rings is 7. The first-order valence-electron chi connectivity index (χ1n) is 19.5. The van der Waals surface area contributed by atoms with Gasteiger partial charge >= 0.3 is 0 Å². The van der Waals surface area contributed by atoms with Crippen LogP contribution in [0.4, 0.5) is 4.39 Å². The number of imidazole rings is 1. The molecule has 0 amide bonds. The third kappa shape index (κ3) is 4.68. The number of halogens is 1. The first kappa shape index (κ1) is 33.3. The number of fused-ring (bicyclic) bond motifs is 12. The van der Waals surface area contributed by atoms with Crippen LogP contribution in [0.5, 0.6) is 0 Å². The number of hydrogen-bond acceptors (Lipinski definition) is 3. The van der Waals surface area contributed by atoms with Crippen LogP contribution in [0.1, 0.15) is 17.3 Å². The summed E-state index contributed by atoms with van der Waals surface area (Å²) >= 11 is 1.84. The molecule has 0 N–H and O–H groups in total. The second kappa shape index (κ2) is 12.9. The van der Waals surface area contributed by atoms with E-state index in [9.17, 15) is 0 Å². The number of pyridine rings is 2. The first-order valence-corrected chi connectivity index (χ1v) is 22.3. The van der Waals surface area contributed by atoms with Crippen molar-refractivity contribution in [1.82, 2.24) is 18.9 Å². The molecular formula is C51H33FN4SSi. The van der Waals surface area contributed by atoms with Crippen molar-refractivity contribution in [3.8, 4) is 5.82 Å². The predicted molar refractivity (Wildman–Crippen MR) is 239 cm³/mol. The van der Waals surface area contributed by atoms with Gasteiger partial charge in [0.15, 0.2) is 14.2 Å². The Kier molecular flexibility index (Phi) is 7.39. The molecule has 1 unspecified atom stereocenters. The second-order valence-corrected chi connectivity index (χ2v) is 19.8. The van der Waals surface area contributed by atoms with Crippen LogP contribution in [0.3, 0.4) is 0 Å². The normalized spacial score (nSPS) is 13.9. The fourth-order valence-electron chi connectivity index (χ4n) is 9.60. The number of nitrogens with zero attached hydrogens (tertiary/aromatic N) is 4. The zero-order valence-corrected chi connectivity index (χ0v) is 32.9. The Morgan fingerprint density at radius 1 is 0.517 bits per heavy atom. The lowest BCUT2D eigenvalue weighted by molar-refractivity contribution is 0.402. The molecular weight excluding hydrogens is 748 g/mol. The largest absolute Gasteiger partial charge is 0.299 e. The van der Waals surface area contributed by atoms with Crippen molar-refractivity contribution in [2.24, 2.45) is 0 Å². The zero-order valence-electron chi connectivity index (χ0n) is 31.1. The molecule has 1 aliphatic heterocycles. The molecule has 0 fully saturated rings. The summed E-state index contributed by atoms with van der Waals surface area (Å²) in [6.45, 7) is 0. The van der Waals surface area contributed by atoms with Crippen LogP contribution in [0.15, 0.2) is 204 Å². The highest BCUT2D eigenvalue weighted by Crippen LogP contribution is 2.43. The van der Waals surface area contributed by atoms with Crippen molar-refractivity contribution in [3.05, 3.63) is 206 Å². The Bertz CT molecular complexity index is 3360. The summed E-state index contributed by atoms with van der Waals surface area (Å²) in [4.78, 5) is 12.1. The predicted octanol–water partition coefficient (Wildman–Crippen LogP) is 10.0. The monoisotopic (exact) mass is 780 g/mol. The number of alkyl halides is 1. The Hall–Kier alpha value is -6.80. The maximum Gasteiger partial charge on any atom is 0.181 e. The number of para-hydroxylation sites is 1. The van der Waals surface area contributed by atoms with Crippen LogP contribution in [0.25, 0.3) is 54.9 Å². The fraction of sp³-hybridized carbons (Fsp3) is 0.0196. The minimum atomic E-state index is -2.82. The third-order valence-electron chi connectivity index (χ3n) is 12.1. The van der Waals surface area contributed by atoms with Crippen molar-refractivity contribution in [3.63, 3.8) is 0 Å². The molecule has 0 saturated heterocycles. The molecule has 0 saturated carbocycles.